The maximum absolute atomic E-state index is 12.4. The molecule has 9 heteroatoms. The molecule has 29 heavy (non-hydrogen) atoms. The third-order valence-electron chi connectivity index (χ3n) is 5.05. The van der Waals surface area contributed by atoms with Gasteiger partial charge in [-0.25, -0.2) is 4.79 Å². The van der Waals surface area contributed by atoms with Gasteiger partial charge in [-0.1, -0.05) is 0 Å². The van der Waals surface area contributed by atoms with Crippen molar-refractivity contribution in [2.75, 3.05) is 36.9 Å². The number of benzene rings is 2. The molecule has 1 unspecified atom stereocenters. The van der Waals surface area contributed by atoms with Crippen LogP contribution >= 0.6 is 0 Å². The molecular weight excluding hydrogens is 378 g/mol. The summed E-state index contributed by atoms with van der Waals surface area (Å²) in [6, 6.07) is 10.3. The van der Waals surface area contributed by atoms with Crippen molar-refractivity contribution in [1.29, 1.82) is 0 Å². The average Bonchev–Trinajstić information content (AvgIpc) is 3.44. The average molecular weight is 397 g/mol. The van der Waals surface area contributed by atoms with E-state index in [1.165, 1.54) is 0 Å². The largest absolute Gasteiger partial charge is 0.454 e. The van der Waals surface area contributed by atoms with Gasteiger partial charge in [0.2, 0.25) is 19.5 Å². The zero-order valence-electron chi connectivity index (χ0n) is 15.5. The lowest BCUT2D eigenvalue weighted by Crippen LogP contribution is -2.34. The Morgan fingerprint density at radius 3 is 2.45 bits per heavy atom. The molecule has 1 saturated heterocycles. The van der Waals surface area contributed by atoms with Crippen molar-refractivity contribution >= 4 is 23.3 Å². The minimum atomic E-state index is -0.335. The van der Waals surface area contributed by atoms with Crippen molar-refractivity contribution in [3.05, 3.63) is 36.4 Å². The molecule has 0 bridgehead atoms. The topological polar surface area (TPSA) is 98.4 Å². The third-order valence-corrected chi connectivity index (χ3v) is 5.05. The molecule has 5 rings (SSSR count). The molecule has 3 aliphatic heterocycles. The van der Waals surface area contributed by atoms with E-state index in [2.05, 4.69) is 10.6 Å². The lowest BCUT2D eigenvalue weighted by atomic mass is 10.1. The molecule has 3 amide bonds. The highest BCUT2D eigenvalue weighted by atomic mass is 16.7. The number of nitrogens with one attached hydrogen (secondary N) is 2. The fourth-order valence-corrected chi connectivity index (χ4v) is 3.61. The van der Waals surface area contributed by atoms with E-state index in [-0.39, 0.29) is 31.4 Å². The Balaban J connectivity index is 1.16. The molecule has 0 radical (unpaired) electrons. The highest BCUT2D eigenvalue weighted by molar-refractivity contribution is 5.96. The van der Waals surface area contributed by atoms with Gasteiger partial charge in [0.05, 0.1) is 0 Å². The highest BCUT2D eigenvalue weighted by Gasteiger charge is 2.31. The predicted octanol–water partition coefficient (Wildman–Crippen LogP) is 2.32. The summed E-state index contributed by atoms with van der Waals surface area (Å²) >= 11 is 0. The fraction of sp³-hybridized carbons (Fsp3) is 0.300. The van der Waals surface area contributed by atoms with Gasteiger partial charge in [-0.3, -0.25) is 4.79 Å². The van der Waals surface area contributed by atoms with Gasteiger partial charge < -0.3 is 34.5 Å². The molecule has 1 fully saturated rings. The van der Waals surface area contributed by atoms with Crippen molar-refractivity contribution in [2.45, 2.75) is 6.42 Å². The van der Waals surface area contributed by atoms with E-state index in [4.69, 9.17) is 18.9 Å². The number of amides is 3. The van der Waals surface area contributed by atoms with E-state index in [1.807, 2.05) is 12.1 Å². The Kier molecular flexibility index (Phi) is 4.27. The molecule has 2 aromatic rings. The second-order valence-electron chi connectivity index (χ2n) is 7.02. The summed E-state index contributed by atoms with van der Waals surface area (Å²) in [6.07, 6.45) is 0.374. The van der Waals surface area contributed by atoms with Crippen LogP contribution in [-0.4, -0.2) is 38.6 Å². The van der Waals surface area contributed by atoms with E-state index < -0.39 is 0 Å². The Bertz CT molecular complexity index is 979. The molecule has 3 aliphatic rings. The van der Waals surface area contributed by atoms with Gasteiger partial charge in [-0.05, 0) is 24.3 Å². The summed E-state index contributed by atoms with van der Waals surface area (Å²) in [5, 5.41) is 5.59. The van der Waals surface area contributed by atoms with Crippen molar-refractivity contribution in [3.63, 3.8) is 0 Å². The maximum atomic E-state index is 12.4. The summed E-state index contributed by atoms with van der Waals surface area (Å²) in [6.45, 7) is 1.30. The molecule has 1 atom stereocenters. The summed E-state index contributed by atoms with van der Waals surface area (Å²) < 4.78 is 21.2. The number of fused-ring (bicyclic) bond motifs is 2. The predicted molar refractivity (Wildman–Crippen MR) is 103 cm³/mol. The zero-order chi connectivity index (χ0) is 19.8. The fourth-order valence-electron chi connectivity index (χ4n) is 3.61. The third kappa shape index (κ3) is 3.46. The van der Waals surface area contributed by atoms with Crippen LogP contribution in [-0.2, 0) is 4.79 Å². The standard InChI is InChI=1S/C20H19N3O6/c24-19-5-12(9-23(19)14-2-4-16-18(7-14)29-11-27-16)8-21-20(25)22-13-1-3-15-17(6-13)28-10-26-15/h1-4,6-7,12H,5,8-11H2,(H2,21,22,25). The molecule has 2 aromatic carbocycles. The van der Waals surface area contributed by atoms with Gasteiger partial charge in [0.1, 0.15) is 0 Å². The lowest BCUT2D eigenvalue weighted by Gasteiger charge is -2.17. The highest BCUT2D eigenvalue weighted by Crippen LogP contribution is 2.37. The summed E-state index contributed by atoms with van der Waals surface area (Å²) in [5.74, 6) is 2.62. The van der Waals surface area contributed by atoms with E-state index in [0.717, 1.165) is 5.69 Å². The Hall–Kier alpha value is -3.62. The normalized spacial score (nSPS) is 18.8. The number of nitrogens with zero attached hydrogens (tertiary/aromatic N) is 1. The first-order chi connectivity index (χ1) is 14.2. The number of carbonyl (C=O) groups excluding carboxylic acids is 2. The lowest BCUT2D eigenvalue weighted by molar-refractivity contribution is -0.117. The first kappa shape index (κ1) is 17.5. The van der Waals surface area contributed by atoms with Gasteiger partial charge in [0.25, 0.3) is 0 Å². The monoisotopic (exact) mass is 397 g/mol. The SMILES string of the molecule is O=C(NCC1CC(=O)N(c2ccc3c(c2)OCO3)C1)Nc1ccc2c(c1)OCO2. The molecule has 0 aliphatic carbocycles. The first-order valence-electron chi connectivity index (χ1n) is 9.30. The maximum Gasteiger partial charge on any atom is 0.319 e. The van der Waals surface area contributed by atoms with E-state index in [1.54, 1.807) is 29.2 Å². The van der Waals surface area contributed by atoms with E-state index in [0.29, 0.717) is 48.2 Å². The van der Waals surface area contributed by atoms with Crippen LogP contribution in [0.5, 0.6) is 23.0 Å². The molecule has 0 spiro atoms. The Morgan fingerprint density at radius 2 is 1.66 bits per heavy atom. The first-order valence-corrected chi connectivity index (χ1v) is 9.30. The Labute approximate surface area is 166 Å². The van der Waals surface area contributed by atoms with E-state index >= 15 is 0 Å². The zero-order valence-corrected chi connectivity index (χ0v) is 15.5. The minimum Gasteiger partial charge on any atom is -0.454 e. The Morgan fingerprint density at radius 1 is 0.966 bits per heavy atom. The molecule has 9 nitrogen and oxygen atoms in total. The van der Waals surface area contributed by atoms with Crippen LogP contribution in [0.1, 0.15) is 6.42 Å². The van der Waals surface area contributed by atoms with Crippen molar-refractivity contribution < 1.29 is 28.5 Å². The van der Waals surface area contributed by atoms with Crippen molar-refractivity contribution in [3.8, 4) is 23.0 Å². The molecule has 2 N–H and O–H groups in total. The van der Waals surface area contributed by atoms with Crippen LogP contribution in [0.25, 0.3) is 0 Å². The van der Waals surface area contributed by atoms with E-state index in [9.17, 15) is 9.59 Å². The molecule has 3 heterocycles. The number of rotatable bonds is 4. The molecule has 150 valence electrons. The summed E-state index contributed by atoms with van der Waals surface area (Å²) in [5.41, 5.74) is 1.38. The van der Waals surface area contributed by atoms with Crippen molar-refractivity contribution in [1.82, 2.24) is 5.32 Å². The van der Waals surface area contributed by atoms with Crippen LogP contribution in [0.4, 0.5) is 16.2 Å². The molecular formula is C20H19N3O6. The number of anilines is 2. The van der Waals surface area contributed by atoms with Crippen LogP contribution in [0, 0.1) is 5.92 Å². The van der Waals surface area contributed by atoms with Gasteiger partial charge in [-0.15, -0.1) is 0 Å². The summed E-state index contributed by atoms with van der Waals surface area (Å²) in [4.78, 5) is 26.3. The van der Waals surface area contributed by atoms with Gasteiger partial charge >= 0.3 is 6.03 Å². The van der Waals surface area contributed by atoms with Gasteiger partial charge in [-0.2, -0.15) is 0 Å². The van der Waals surface area contributed by atoms with Crippen LogP contribution in [0.15, 0.2) is 36.4 Å². The smallest absolute Gasteiger partial charge is 0.319 e. The van der Waals surface area contributed by atoms with Gasteiger partial charge in [0.15, 0.2) is 23.0 Å². The number of hydrogen-bond acceptors (Lipinski definition) is 6. The number of hydrogen-bond donors (Lipinski definition) is 2. The number of carbonyl (C=O) groups is 2. The van der Waals surface area contributed by atoms with Crippen LogP contribution in [0.2, 0.25) is 0 Å². The molecule has 0 saturated carbocycles. The minimum absolute atomic E-state index is 0.0202. The quantitative estimate of drug-likeness (QED) is 0.822. The van der Waals surface area contributed by atoms with Crippen LogP contribution in [0.3, 0.4) is 0 Å². The number of urea groups is 1. The summed E-state index contributed by atoms with van der Waals surface area (Å²) in [7, 11) is 0. The van der Waals surface area contributed by atoms with Crippen molar-refractivity contribution in [2.24, 2.45) is 5.92 Å². The second kappa shape index (κ2) is 7.08. The molecule has 0 aromatic heterocycles. The second-order valence-corrected chi connectivity index (χ2v) is 7.02. The van der Waals surface area contributed by atoms with Crippen LogP contribution < -0.4 is 34.5 Å². The van der Waals surface area contributed by atoms with Gasteiger partial charge in [0, 0.05) is 48.9 Å². The number of ether oxygens (including phenoxy) is 4.